The first-order valence-electron chi connectivity index (χ1n) is 6.12. The molecule has 1 fully saturated rings. The van der Waals surface area contributed by atoms with Crippen molar-refractivity contribution in [2.24, 2.45) is 0 Å². The lowest BCUT2D eigenvalue weighted by atomic mass is 10.1. The number of anilines is 1. The molecule has 1 aliphatic heterocycles. The van der Waals surface area contributed by atoms with Crippen molar-refractivity contribution >= 4 is 15.5 Å². The first-order chi connectivity index (χ1) is 8.50. The van der Waals surface area contributed by atoms with Crippen molar-refractivity contribution in [3.05, 3.63) is 23.8 Å². The number of hydrogen-bond acceptors (Lipinski definition) is 4. The van der Waals surface area contributed by atoms with E-state index in [0.717, 1.165) is 17.0 Å². The van der Waals surface area contributed by atoms with E-state index in [1.807, 2.05) is 25.1 Å². The van der Waals surface area contributed by atoms with Gasteiger partial charge in [0.2, 0.25) is 0 Å². The molecule has 2 rings (SSSR count). The molecule has 1 saturated heterocycles. The van der Waals surface area contributed by atoms with Crippen molar-refractivity contribution < 1.29 is 13.2 Å². The average Bonchev–Trinajstić information content (AvgIpc) is 2.34. The lowest BCUT2D eigenvalue weighted by Gasteiger charge is -2.25. The zero-order chi connectivity index (χ0) is 13.2. The number of sulfone groups is 1. The van der Waals surface area contributed by atoms with Crippen LogP contribution in [0, 0.1) is 6.92 Å². The fraction of sp³-hybridized carbons (Fsp3) is 0.538. The van der Waals surface area contributed by atoms with Gasteiger partial charge in [0.05, 0.1) is 18.6 Å². The maximum Gasteiger partial charge on any atom is 0.150 e. The third kappa shape index (κ3) is 3.16. The highest BCUT2D eigenvalue weighted by atomic mass is 32.2. The molecule has 0 atom stereocenters. The van der Waals surface area contributed by atoms with Crippen LogP contribution in [0.3, 0.4) is 0 Å². The summed E-state index contributed by atoms with van der Waals surface area (Å²) < 4.78 is 27.9. The summed E-state index contributed by atoms with van der Waals surface area (Å²) in [4.78, 5) is 0. The first kappa shape index (κ1) is 13.2. The van der Waals surface area contributed by atoms with Gasteiger partial charge in [0.1, 0.15) is 15.6 Å². The van der Waals surface area contributed by atoms with Gasteiger partial charge in [-0.2, -0.15) is 0 Å². The van der Waals surface area contributed by atoms with Gasteiger partial charge < -0.3 is 10.1 Å². The second-order valence-corrected chi connectivity index (χ2v) is 7.05. The van der Waals surface area contributed by atoms with Gasteiger partial charge in [-0.25, -0.2) is 8.42 Å². The Morgan fingerprint density at radius 1 is 1.28 bits per heavy atom. The molecule has 0 aliphatic carbocycles. The third-order valence-electron chi connectivity index (χ3n) is 3.35. The Bertz CT molecular complexity index is 511. The van der Waals surface area contributed by atoms with E-state index in [9.17, 15) is 8.42 Å². The minimum absolute atomic E-state index is 0.251. The quantitative estimate of drug-likeness (QED) is 0.911. The Labute approximate surface area is 108 Å². The van der Waals surface area contributed by atoms with E-state index < -0.39 is 9.84 Å². The minimum Gasteiger partial charge on any atom is -0.497 e. The summed E-state index contributed by atoms with van der Waals surface area (Å²) in [7, 11) is -1.14. The van der Waals surface area contributed by atoms with Gasteiger partial charge in [-0.1, -0.05) is 0 Å². The van der Waals surface area contributed by atoms with Gasteiger partial charge >= 0.3 is 0 Å². The maximum atomic E-state index is 11.4. The molecule has 4 nitrogen and oxygen atoms in total. The number of aryl methyl sites for hydroxylation is 1. The average molecular weight is 269 g/mol. The van der Waals surface area contributed by atoms with Crippen LogP contribution < -0.4 is 10.1 Å². The molecule has 0 bridgehead atoms. The van der Waals surface area contributed by atoms with Gasteiger partial charge in [0, 0.05) is 11.7 Å². The third-order valence-corrected chi connectivity index (χ3v) is 5.06. The lowest BCUT2D eigenvalue weighted by Crippen LogP contribution is -2.32. The van der Waals surface area contributed by atoms with E-state index in [0.29, 0.717) is 24.3 Å². The molecule has 1 aliphatic rings. The molecule has 0 aromatic heterocycles. The predicted molar refractivity (Wildman–Crippen MR) is 73.0 cm³/mol. The van der Waals surface area contributed by atoms with Crippen LogP contribution in [-0.4, -0.2) is 33.1 Å². The predicted octanol–water partition coefficient (Wildman–Crippen LogP) is 1.99. The fourth-order valence-corrected chi connectivity index (χ4v) is 3.67. The van der Waals surface area contributed by atoms with Crippen molar-refractivity contribution in [1.29, 1.82) is 0 Å². The Kier molecular flexibility index (Phi) is 3.80. The molecule has 18 heavy (non-hydrogen) atoms. The number of benzene rings is 1. The zero-order valence-electron chi connectivity index (χ0n) is 10.8. The SMILES string of the molecule is COc1ccc(NC2CCS(=O)(=O)CC2)c(C)c1. The monoisotopic (exact) mass is 269 g/mol. The normalized spacial score (nSPS) is 19.4. The summed E-state index contributed by atoms with van der Waals surface area (Å²) in [6, 6.07) is 6.12. The molecular formula is C13H19NO3S. The molecule has 0 amide bonds. The van der Waals surface area contributed by atoms with E-state index in [1.165, 1.54) is 0 Å². The fourth-order valence-electron chi connectivity index (χ4n) is 2.18. The summed E-state index contributed by atoms with van der Waals surface area (Å²) in [6.45, 7) is 2.02. The largest absolute Gasteiger partial charge is 0.497 e. The minimum atomic E-state index is -2.79. The van der Waals surface area contributed by atoms with Crippen LogP contribution in [0.4, 0.5) is 5.69 Å². The summed E-state index contributed by atoms with van der Waals surface area (Å²) >= 11 is 0. The van der Waals surface area contributed by atoms with Gasteiger partial charge in [-0.3, -0.25) is 0 Å². The van der Waals surface area contributed by atoms with E-state index >= 15 is 0 Å². The molecule has 1 heterocycles. The molecule has 1 N–H and O–H groups in total. The molecule has 0 spiro atoms. The Morgan fingerprint density at radius 2 is 1.94 bits per heavy atom. The molecule has 1 aromatic carbocycles. The van der Waals surface area contributed by atoms with Crippen molar-refractivity contribution in [3.8, 4) is 5.75 Å². The maximum absolute atomic E-state index is 11.4. The smallest absolute Gasteiger partial charge is 0.150 e. The van der Waals surface area contributed by atoms with Crippen LogP contribution in [0.15, 0.2) is 18.2 Å². The van der Waals surface area contributed by atoms with Crippen LogP contribution >= 0.6 is 0 Å². The van der Waals surface area contributed by atoms with Crippen molar-refractivity contribution in [2.45, 2.75) is 25.8 Å². The van der Waals surface area contributed by atoms with Crippen LogP contribution in [0.25, 0.3) is 0 Å². The van der Waals surface area contributed by atoms with Gasteiger partial charge in [0.25, 0.3) is 0 Å². The molecule has 0 unspecified atom stereocenters. The highest BCUT2D eigenvalue weighted by Crippen LogP contribution is 2.24. The van der Waals surface area contributed by atoms with Crippen molar-refractivity contribution in [1.82, 2.24) is 0 Å². The number of ether oxygens (including phenoxy) is 1. The summed E-state index contributed by atoms with van der Waals surface area (Å²) in [5, 5.41) is 3.42. The van der Waals surface area contributed by atoms with Gasteiger partial charge in [0.15, 0.2) is 0 Å². The van der Waals surface area contributed by atoms with Crippen LogP contribution in [0.1, 0.15) is 18.4 Å². The number of nitrogens with one attached hydrogen (secondary N) is 1. The summed E-state index contributed by atoms with van der Waals surface area (Å²) in [6.07, 6.45) is 1.38. The molecule has 0 saturated carbocycles. The van der Waals surface area contributed by atoms with Crippen LogP contribution in [-0.2, 0) is 9.84 Å². The lowest BCUT2D eigenvalue weighted by molar-refractivity contribution is 0.414. The van der Waals surface area contributed by atoms with E-state index in [1.54, 1.807) is 7.11 Å². The van der Waals surface area contributed by atoms with Crippen molar-refractivity contribution in [3.63, 3.8) is 0 Å². The zero-order valence-corrected chi connectivity index (χ0v) is 11.6. The Morgan fingerprint density at radius 3 is 2.50 bits per heavy atom. The molecule has 5 heteroatoms. The number of methoxy groups -OCH3 is 1. The van der Waals surface area contributed by atoms with E-state index in [-0.39, 0.29) is 6.04 Å². The van der Waals surface area contributed by atoms with E-state index in [2.05, 4.69) is 5.32 Å². The number of hydrogen-bond donors (Lipinski definition) is 1. The first-order valence-corrected chi connectivity index (χ1v) is 7.94. The Hall–Kier alpha value is -1.23. The topological polar surface area (TPSA) is 55.4 Å². The second kappa shape index (κ2) is 5.18. The highest BCUT2D eigenvalue weighted by Gasteiger charge is 2.23. The van der Waals surface area contributed by atoms with Gasteiger partial charge in [-0.15, -0.1) is 0 Å². The van der Waals surface area contributed by atoms with Crippen LogP contribution in [0.2, 0.25) is 0 Å². The molecule has 1 aromatic rings. The molecular weight excluding hydrogens is 250 g/mol. The Balaban J connectivity index is 2.02. The molecule has 0 radical (unpaired) electrons. The van der Waals surface area contributed by atoms with Gasteiger partial charge in [-0.05, 0) is 43.5 Å². The standard InChI is InChI=1S/C13H19NO3S/c1-10-9-12(17-2)3-4-13(10)14-11-5-7-18(15,16)8-6-11/h3-4,9,11,14H,5-8H2,1-2H3. The highest BCUT2D eigenvalue weighted by molar-refractivity contribution is 7.91. The molecule has 100 valence electrons. The summed E-state index contributed by atoms with van der Waals surface area (Å²) in [5.74, 6) is 1.42. The van der Waals surface area contributed by atoms with Crippen molar-refractivity contribution in [2.75, 3.05) is 23.9 Å². The van der Waals surface area contributed by atoms with E-state index in [4.69, 9.17) is 4.74 Å². The summed E-state index contributed by atoms with van der Waals surface area (Å²) in [5.41, 5.74) is 2.17. The van der Waals surface area contributed by atoms with Crippen LogP contribution in [0.5, 0.6) is 5.75 Å². The second-order valence-electron chi connectivity index (χ2n) is 4.75. The number of rotatable bonds is 3.